The van der Waals surface area contributed by atoms with Crippen LogP contribution in [0.1, 0.15) is 5.56 Å². The maximum Gasteiger partial charge on any atom is 0.0720 e. The first kappa shape index (κ1) is 8.41. The van der Waals surface area contributed by atoms with Crippen LogP contribution in [0.5, 0.6) is 0 Å². The van der Waals surface area contributed by atoms with Gasteiger partial charge in [-0.3, -0.25) is 9.97 Å². The van der Waals surface area contributed by atoms with Crippen LogP contribution in [0.2, 0.25) is 0 Å². The first-order valence-electron chi connectivity index (χ1n) is 5.07. The Morgan fingerprint density at radius 3 is 3.07 bits per heavy atom. The Hall–Kier alpha value is -1.90. The van der Waals surface area contributed by atoms with Gasteiger partial charge in [-0.25, -0.2) is 0 Å². The number of nitrogens with zero attached hydrogens (tertiary/aromatic N) is 2. The number of fused-ring (bicyclic) bond motifs is 1. The molecule has 0 aromatic carbocycles. The predicted octanol–water partition coefficient (Wildman–Crippen LogP) is 2.11. The summed E-state index contributed by atoms with van der Waals surface area (Å²) in [7, 11) is 0. The van der Waals surface area contributed by atoms with Crippen molar-refractivity contribution in [2.75, 3.05) is 11.9 Å². The Morgan fingerprint density at radius 1 is 1.20 bits per heavy atom. The van der Waals surface area contributed by atoms with Gasteiger partial charge < -0.3 is 5.32 Å². The fourth-order valence-electron chi connectivity index (χ4n) is 1.97. The largest absolute Gasteiger partial charge is 0.383 e. The summed E-state index contributed by atoms with van der Waals surface area (Å²) in [5, 5.41) is 3.32. The molecule has 0 saturated carbocycles. The van der Waals surface area contributed by atoms with Crippen molar-refractivity contribution in [3.8, 4) is 11.3 Å². The van der Waals surface area contributed by atoms with Gasteiger partial charge in [-0.15, -0.1) is 0 Å². The Balaban J connectivity index is 2.17. The van der Waals surface area contributed by atoms with E-state index in [0.717, 1.165) is 29.9 Å². The van der Waals surface area contributed by atoms with E-state index in [9.17, 15) is 0 Å². The minimum Gasteiger partial charge on any atom is -0.383 e. The van der Waals surface area contributed by atoms with Crippen LogP contribution in [-0.4, -0.2) is 16.5 Å². The normalized spacial score (nSPS) is 13.3. The Kier molecular flexibility index (Phi) is 1.88. The molecule has 3 heterocycles. The second-order valence-electron chi connectivity index (χ2n) is 3.60. The summed E-state index contributed by atoms with van der Waals surface area (Å²) in [5.74, 6) is 0. The van der Waals surface area contributed by atoms with Crippen LogP contribution < -0.4 is 5.32 Å². The highest BCUT2D eigenvalue weighted by atomic mass is 14.9. The number of hydrogen-bond donors (Lipinski definition) is 1. The molecule has 0 saturated heterocycles. The van der Waals surface area contributed by atoms with E-state index in [0.29, 0.717) is 0 Å². The number of rotatable bonds is 1. The molecule has 2 aromatic rings. The maximum absolute atomic E-state index is 4.36. The molecule has 0 fully saturated rings. The van der Waals surface area contributed by atoms with Crippen molar-refractivity contribution < 1.29 is 0 Å². The molecule has 15 heavy (non-hydrogen) atoms. The third-order valence-electron chi connectivity index (χ3n) is 2.69. The van der Waals surface area contributed by atoms with E-state index >= 15 is 0 Å². The van der Waals surface area contributed by atoms with E-state index in [2.05, 4.69) is 15.3 Å². The van der Waals surface area contributed by atoms with Gasteiger partial charge in [0, 0.05) is 24.5 Å². The molecule has 0 atom stereocenters. The summed E-state index contributed by atoms with van der Waals surface area (Å²) in [4.78, 5) is 8.59. The van der Waals surface area contributed by atoms with Gasteiger partial charge in [0.15, 0.2) is 0 Å². The molecule has 0 radical (unpaired) electrons. The molecule has 1 N–H and O–H groups in total. The van der Waals surface area contributed by atoms with Gasteiger partial charge in [0.05, 0.1) is 17.6 Å². The lowest BCUT2D eigenvalue weighted by molar-refractivity contribution is 1.10. The molecule has 0 amide bonds. The molecule has 74 valence electrons. The lowest BCUT2D eigenvalue weighted by Gasteiger charge is -2.05. The van der Waals surface area contributed by atoms with Gasteiger partial charge in [0.25, 0.3) is 0 Å². The fraction of sp³-hybridized carbons (Fsp3) is 0.167. The van der Waals surface area contributed by atoms with E-state index in [-0.39, 0.29) is 0 Å². The average molecular weight is 197 g/mol. The minimum atomic E-state index is 1.00. The minimum absolute atomic E-state index is 1.00. The molecule has 1 aliphatic rings. The summed E-state index contributed by atoms with van der Waals surface area (Å²) in [5.41, 5.74) is 4.64. The van der Waals surface area contributed by atoms with Crippen LogP contribution in [-0.2, 0) is 6.42 Å². The quantitative estimate of drug-likeness (QED) is 0.760. The predicted molar refractivity (Wildman–Crippen MR) is 59.7 cm³/mol. The average Bonchev–Trinajstić information content (AvgIpc) is 2.78. The molecular weight excluding hydrogens is 186 g/mol. The van der Waals surface area contributed by atoms with Gasteiger partial charge in [0.2, 0.25) is 0 Å². The maximum atomic E-state index is 4.36. The summed E-state index contributed by atoms with van der Waals surface area (Å²) in [6, 6.07) is 5.96. The van der Waals surface area contributed by atoms with Gasteiger partial charge in [-0.2, -0.15) is 0 Å². The second-order valence-corrected chi connectivity index (χ2v) is 3.60. The van der Waals surface area contributed by atoms with Gasteiger partial charge in [-0.05, 0) is 24.1 Å². The van der Waals surface area contributed by atoms with Crippen molar-refractivity contribution in [2.45, 2.75) is 6.42 Å². The molecule has 0 bridgehead atoms. The van der Waals surface area contributed by atoms with Crippen molar-refractivity contribution in [1.82, 2.24) is 9.97 Å². The number of anilines is 1. The number of hydrogen-bond acceptors (Lipinski definition) is 3. The lowest BCUT2D eigenvalue weighted by Crippen LogP contribution is -1.90. The summed E-state index contributed by atoms with van der Waals surface area (Å²) >= 11 is 0. The molecule has 2 aromatic heterocycles. The van der Waals surface area contributed by atoms with Crippen molar-refractivity contribution >= 4 is 5.69 Å². The highest BCUT2D eigenvalue weighted by Gasteiger charge is 2.15. The molecule has 3 nitrogen and oxygen atoms in total. The second kappa shape index (κ2) is 3.35. The third kappa shape index (κ3) is 1.36. The number of aromatic nitrogens is 2. The topological polar surface area (TPSA) is 37.8 Å². The standard InChI is InChI=1S/C12H11N3/c1-2-5-14-11(3-1)10-7-13-8-12-9(10)4-6-15-12/h1-3,5,7-8,15H,4,6H2. The van der Waals surface area contributed by atoms with Gasteiger partial charge >= 0.3 is 0 Å². The van der Waals surface area contributed by atoms with E-state index in [1.165, 1.54) is 5.56 Å². The van der Waals surface area contributed by atoms with Gasteiger partial charge in [0.1, 0.15) is 0 Å². The lowest BCUT2D eigenvalue weighted by atomic mass is 10.0. The third-order valence-corrected chi connectivity index (χ3v) is 2.69. The summed E-state index contributed by atoms with van der Waals surface area (Å²) in [6.45, 7) is 1.00. The molecule has 3 heteroatoms. The first-order chi connectivity index (χ1) is 7.45. The van der Waals surface area contributed by atoms with E-state index in [1.807, 2.05) is 36.8 Å². The highest BCUT2D eigenvalue weighted by molar-refractivity contribution is 5.72. The summed E-state index contributed by atoms with van der Waals surface area (Å²) in [6.07, 6.45) is 6.66. The highest BCUT2D eigenvalue weighted by Crippen LogP contribution is 2.30. The SMILES string of the molecule is c1ccc(-c2cncc3c2CCN3)nc1. The van der Waals surface area contributed by atoms with Crippen LogP contribution in [0.25, 0.3) is 11.3 Å². The first-order valence-corrected chi connectivity index (χ1v) is 5.07. The molecule has 3 rings (SSSR count). The Morgan fingerprint density at radius 2 is 2.20 bits per heavy atom. The Bertz CT molecular complexity index is 479. The van der Waals surface area contributed by atoms with Crippen molar-refractivity contribution in [3.05, 3.63) is 42.4 Å². The van der Waals surface area contributed by atoms with E-state index in [4.69, 9.17) is 0 Å². The molecule has 0 unspecified atom stereocenters. The zero-order chi connectivity index (χ0) is 10.1. The monoisotopic (exact) mass is 197 g/mol. The van der Waals surface area contributed by atoms with Crippen molar-refractivity contribution in [3.63, 3.8) is 0 Å². The van der Waals surface area contributed by atoms with Crippen molar-refractivity contribution in [2.24, 2.45) is 0 Å². The zero-order valence-electron chi connectivity index (χ0n) is 8.27. The van der Waals surface area contributed by atoms with Crippen LogP contribution in [0.4, 0.5) is 5.69 Å². The Labute approximate surface area is 88.2 Å². The van der Waals surface area contributed by atoms with Gasteiger partial charge in [-0.1, -0.05) is 6.07 Å². The van der Waals surface area contributed by atoms with Crippen LogP contribution in [0.15, 0.2) is 36.8 Å². The smallest absolute Gasteiger partial charge is 0.0720 e. The summed E-state index contributed by atoms with van der Waals surface area (Å²) < 4.78 is 0. The number of nitrogens with one attached hydrogen (secondary N) is 1. The number of pyridine rings is 2. The molecule has 1 aliphatic heterocycles. The molecule has 0 aliphatic carbocycles. The molecular formula is C12H11N3. The van der Waals surface area contributed by atoms with Crippen LogP contribution in [0.3, 0.4) is 0 Å². The molecule has 0 spiro atoms. The van der Waals surface area contributed by atoms with Crippen LogP contribution >= 0.6 is 0 Å². The van der Waals surface area contributed by atoms with Crippen LogP contribution in [0, 0.1) is 0 Å². The van der Waals surface area contributed by atoms with E-state index in [1.54, 1.807) is 0 Å². The zero-order valence-corrected chi connectivity index (χ0v) is 8.27. The van der Waals surface area contributed by atoms with E-state index < -0.39 is 0 Å². The fourth-order valence-corrected chi connectivity index (χ4v) is 1.97. The van der Waals surface area contributed by atoms with Crippen molar-refractivity contribution in [1.29, 1.82) is 0 Å².